The van der Waals surface area contributed by atoms with Crippen LogP contribution < -0.4 is 14.5 Å². The molecule has 12 rings (SSSR count). The average Bonchev–Trinajstić information content (AvgIpc) is 3.95. The average molecular weight is 1040 g/mol. The van der Waals surface area contributed by atoms with Gasteiger partial charge in [-0.05, 0) is 69.9 Å². The summed E-state index contributed by atoms with van der Waals surface area (Å²) in [6.07, 6.45) is 1.67. The third-order valence-electron chi connectivity index (χ3n) is 12.3. The molecule has 0 atom stereocenters. The van der Waals surface area contributed by atoms with Gasteiger partial charge in [0.1, 0.15) is 5.82 Å². The summed E-state index contributed by atoms with van der Waals surface area (Å²) in [5.41, 5.74) is 13.6. The second-order valence-corrected chi connectivity index (χ2v) is 16.3. The topological polar surface area (TPSA) is 33.5 Å². The second kappa shape index (κ2) is 17.8. The van der Waals surface area contributed by atoms with Crippen molar-refractivity contribution in [1.82, 2.24) is 9.55 Å². The first-order chi connectivity index (χ1) is 33.9. The number of benzene rings is 9. The zero-order valence-corrected chi connectivity index (χ0v) is 38.2. The van der Waals surface area contributed by atoms with Crippen LogP contribution in [0.3, 0.4) is 0 Å². The van der Waals surface area contributed by atoms with Crippen molar-refractivity contribution >= 4 is 44.6 Å². The Bertz CT molecular complexity index is 3620. The molecule has 3 heterocycles. The number of aromatic nitrogens is 2. The Kier molecular flexibility index (Phi) is 10.2. The van der Waals surface area contributed by atoms with Gasteiger partial charge < -0.3 is 19.1 Å². The Balaban J connectivity index is 0.00000533. The minimum absolute atomic E-state index is 0. The predicted octanol–water partition coefficient (Wildman–Crippen LogP) is 16.0. The molecule has 0 aliphatic carbocycles. The number of pyridine rings is 1. The molecule has 0 amide bonds. The number of hydrogen-bond donors (Lipinski definition) is 0. The Morgan fingerprint density at radius 1 is 0.493 bits per heavy atom. The minimum atomic E-state index is -2.40. The van der Waals surface area contributed by atoms with E-state index in [9.17, 15) is 0 Å². The summed E-state index contributed by atoms with van der Waals surface area (Å²) in [4.78, 5) is 9.38. The van der Waals surface area contributed by atoms with Gasteiger partial charge in [0.2, 0.25) is 0 Å². The van der Waals surface area contributed by atoms with Crippen LogP contribution in [0.25, 0.3) is 72.1 Å². The fourth-order valence-corrected chi connectivity index (χ4v) is 9.19. The third kappa shape index (κ3) is 7.68. The monoisotopic (exact) mass is 1040 g/mol. The Labute approximate surface area is 409 Å². The summed E-state index contributed by atoms with van der Waals surface area (Å²) in [5, 5.41) is 1.90. The molecular weight excluding hydrogens is 1000 g/mol. The standard InChI is InChI=1S/C61H41N4O.Pt/c1-42-36-60(62-40-55(42)46-24-12-5-13-25-46)65-56-35-32-47(43-18-6-2-7-19-43)37-54(56)53-34-33-50(39-59(53)65)66-49-27-16-26-48(38-49)63-41-64(58-31-15-14-30-57(58)63)61-51(44-20-8-3-9-21-44)28-17-29-52(61)45-22-10-4-11-23-45;/h2-37,40-41H,1H3;/q-3;/i1D3;. The van der Waals surface area contributed by atoms with Crippen molar-refractivity contribution in [2.75, 3.05) is 9.80 Å². The van der Waals surface area contributed by atoms with Gasteiger partial charge in [0.25, 0.3) is 0 Å². The van der Waals surface area contributed by atoms with Crippen LogP contribution in [0.15, 0.2) is 225 Å². The number of rotatable bonds is 9. The molecule has 0 N–H and O–H groups in total. The van der Waals surface area contributed by atoms with Gasteiger partial charge in [-0.2, -0.15) is 12.1 Å². The Morgan fingerprint density at radius 3 is 1.73 bits per heavy atom. The molecule has 5 nitrogen and oxygen atoms in total. The second-order valence-electron chi connectivity index (χ2n) is 16.3. The summed E-state index contributed by atoms with van der Waals surface area (Å²) in [7, 11) is 0. The number of para-hydroxylation sites is 3. The van der Waals surface area contributed by atoms with Crippen molar-refractivity contribution in [3.05, 3.63) is 249 Å². The number of hydrogen-bond acceptors (Lipinski definition) is 4. The van der Waals surface area contributed by atoms with Crippen LogP contribution in [0, 0.1) is 25.7 Å². The van der Waals surface area contributed by atoms with Crippen LogP contribution in [-0.2, 0) is 21.1 Å². The summed E-state index contributed by atoms with van der Waals surface area (Å²) in [6.45, 7) is -0.265. The number of aryl methyl sites for hydroxylation is 1. The molecule has 0 fully saturated rings. The van der Waals surface area contributed by atoms with Crippen LogP contribution in [0.4, 0.5) is 22.7 Å². The third-order valence-corrected chi connectivity index (χ3v) is 12.3. The molecule has 324 valence electrons. The number of fused-ring (bicyclic) bond motifs is 4. The smallest absolute Gasteiger partial charge is 0.135 e. The molecule has 2 aromatic heterocycles. The first-order valence-corrected chi connectivity index (χ1v) is 21.9. The van der Waals surface area contributed by atoms with Gasteiger partial charge >= 0.3 is 0 Å². The normalized spacial score (nSPS) is 12.9. The summed E-state index contributed by atoms with van der Waals surface area (Å²) in [5.74, 6) is 1.44. The van der Waals surface area contributed by atoms with E-state index in [0.29, 0.717) is 28.4 Å². The van der Waals surface area contributed by atoms with Crippen molar-refractivity contribution in [2.45, 2.75) is 6.85 Å². The molecule has 67 heavy (non-hydrogen) atoms. The Morgan fingerprint density at radius 2 is 1.07 bits per heavy atom. The molecule has 11 aromatic rings. The zero-order chi connectivity index (χ0) is 46.5. The fraction of sp³-hybridized carbons (Fsp3) is 0.0164. The maximum absolute atomic E-state index is 8.61. The van der Waals surface area contributed by atoms with E-state index in [1.54, 1.807) is 12.3 Å². The number of nitrogens with zero attached hydrogens (tertiary/aromatic N) is 4. The summed E-state index contributed by atoms with van der Waals surface area (Å²) in [6, 6.07) is 80.8. The van der Waals surface area contributed by atoms with Gasteiger partial charge in [0.15, 0.2) is 0 Å². The van der Waals surface area contributed by atoms with Gasteiger partial charge in [0, 0.05) is 82.1 Å². The quantitative estimate of drug-likeness (QED) is 0.135. The molecule has 0 saturated carbocycles. The van der Waals surface area contributed by atoms with Crippen molar-refractivity contribution in [3.63, 3.8) is 0 Å². The van der Waals surface area contributed by atoms with E-state index < -0.39 is 6.85 Å². The molecule has 9 aromatic carbocycles. The maximum atomic E-state index is 8.61. The SMILES string of the molecule is [2H]C([2H])([2H])c1cc(-n2c3[c-]c(Oc4[c-]c(N5[CH-]N(c6c(-c7ccccc7)cccc6-c6ccccc6)c6ccccc65)ccc4)ccc3c3cc(-c4ccccc4)ccc32)ncc1-c1ccccc1.[Pt]. The van der Waals surface area contributed by atoms with Crippen LogP contribution >= 0.6 is 0 Å². The van der Waals surface area contributed by atoms with E-state index in [1.165, 1.54) is 0 Å². The Hall–Kier alpha value is -7.98. The van der Waals surface area contributed by atoms with E-state index in [0.717, 1.165) is 78.0 Å². The molecule has 0 radical (unpaired) electrons. The first kappa shape index (κ1) is 38.3. The number of ether oxygens (including phenoxy) is 1. The summed E-state index contributed by atoms with van der Waals surface area (Å²) >= 11 is 0. The van der Waals surface area contributed by atoms with Crippen LogP contribution in [0.5, 0.6) is 11.5 Å². The minimum Gasteiger partial charge on any atom is -0.509 e. The zero-order valence-electron chi connectivity index (χ0n) is 39.0. The predicted molar refractivity (Wildman–Crippen MR) is 271 cm³/mol. The van der Waals surface area contributed by atoms with Crippen molar-refractivity contribution in [1.29, 1.82) is 0 Å². The summed E-state index contributed by atoms with van der Waals surface area (Å²) < 4.78 is 34.5. The molecule has 0 unspecified atom stereocenters. The van der Waals surface area contributed by atoms with E-state index in [4.69, 9.17) is 13.8 Å². The molecule has 0 spiro atoms. The van der Waals surface area contributed by atoms with E-state index in [-0.39, 0.29) is 26.6 Å². The van der Waals surface area contributed by atoms with E-state index in [2.05, 4.69) is 150 Å². The maximum Gasteiger partial charge on any atom is 0.135 e. The van der Waals surface area contributed by atoms with Crippen molar-refractivity contribution in [3.8, 4) is 61.8 Å². The molecule has 1 aliphatic rings. The van der Waals surface area contributed by atoms with Gasteiger partial charge in [-0.1, -0.05) is 169 Å². The molecule has 1 aliphatic heterocycles. The van der Waals surface area contributed by atoms with Gasteiger partial charge in [-0.15, -0.1) is 48.1 Å². The van der Waals surface area contributed by atoms with Gasteiger partial charge in [-0.3, -0.25) is 0 Å². The van der Waals surface area contributed by atoms with Crippen molar-refractivity contribution in [2.24, 2.45) is 0 Å². The van der Waals surface area contributed by atoms with Crippen LogP contribution in [-0.4, -0.2) is 9.55 Å². The fourth-order valence-electron chi connectivity index (χ4n) is 9.19. The van der Waals surface area contributed by atoms with Crippen LogP contribution in [0.2, 0.25) is 0 Å². The first-order valence-electron chi connectivity index (χ1n) is 23.4. The molecule has 0 bridgehead atoms. The largest absolute Gasteiger partial charge is 0.509 e. The molecule has 0 saturated heterocycles. The molecule has 6 heteroatoms. The molecular formula is C61H41N4OPt-3. The number of anilines is 4. The van der Waals surface area contributed by atoms with Crippen LogP contribution in [0.1, 0.15) is 9.68 Å². The van der Waals surface area contributed by atoms with Gasteiger partial charge in [-0.25, -0.2) is 4.98 Å². The van der Waals surface area contributed by atoms with E-state index >= 15 is 0 Å². The van der Waals surface area contributed by atoms with Crippen molar-refractivity contribution < 1.29 is 29.9 Å². The van der Waals surface area contributed by atoms with E-state index in [1.807, 2.05) is 95.6 Å². The van der Waals surface area contributed by atoms with Gasteiger partial charge in [0.05, 0.1) is 0 Å².